The van der Waals surface area contributed by atoms with E-state index in [0.29, 0.717) is 0 Å². The molecule has 4 aromatic heterocycles. The van der Waals surface area contributed by atoms with Crippen molar-refractivity contribution in [1.82, 2.24) is 9.97 Å². The number of aromatic nitrogens is 4. The highest BCUT2D eigenvalue weighted by Gasteiger charge is 2.14. The fourth-order valence-corrected chi connectivity index (χ4v) is 4.90. The van der Waals surface area contributed by atoms with Crippen LogP contribution in [0.5, 0.6) is 0 Å². The number of H-pyrrole nitrogens is 2. The maximum atomic E-state index is 8.49. The van der Waals surface area contributed by atoms with Crippen molar-refractivity contribution in [3.8, 4) is 0 Å². The van der Waals surface area contributed by atoms with Crippen molar-refractivity contribution >= 4 is 11.4 Å². The van der Waals surface area contributed by atoms with E-state index < -0.39 is 20.5 Å². The highest BCUT2D eigenvalue weighted by Crippen LogP contribution is 2.24. The summed E-state index contributed by atoms with van der Waals surface area (Å²) in [6.07, 6.45) is 11.4. The molecule has 6 N–H and O–H groups in total. The van der Waals surface area contributed by atoms with Gasteiger partial charge in [-0.25, -0.2) is 47.2 Å². The molecule has 282 valence electrons. The van der Waals surface area contributed by atoms with Crippen LogP contribution in [0.2, 0.25) is 0 Å². The second-order valence-corrected chi connectivity index (χ2v) is 12.2. The van der Waals surface area contributed by atoms with E-state index in [2.05, 4.69) is 103 Å². The Labute approximate surface area is 305 Å². The molecule has 0 saturated carbocycles. The molecule has 1 aromatic carbocycles. The number of pyridine rings is 4. The number of anilines is 2. The van der Waals surface area contributed by atoms with Gasteiger partial charge in [-0.2, -0.15) is 0 Å². The Balaban J connectivity index is 0.000000998. The Hall–Kier alpha value is -4.40. The second kappa shape index (κ2) is 24.0. The van der Waals surface area contributed by atoms with Crippen LogP contribution >= 0.6 is 0 Å². The number of aromatic amines is 2. The smallest absolute Gasteiger partial charge is 0.181 e. The monoisotopic (exact) mass is 764 g/mol. The van der Waals surface area contributed by atoms with E-state index in [1.165, 1.54) is 22.8 Å². The fourth-order valence-electron chi connectivity index (χ4n) is 4.90. The summed E-state index contributed by atoms with van der Waals surface area (Å²) in [5.74, 6) is 0. The summed E-state index contributed by atoms with van der Waals surface area (Å²) in [6.45, 7) is 3.65. The standard InChI is InChI=1S/C34H36N6.2ClHO4.2H2O/c1-5-20-35-29(10-1)16-24-39(25-17-30-11-2-6-21-36-30)33-14-9-15-34(28-33)40(26-18-31-12-3-7-22-37-31)27-19-32-13-4-8-23-38-32;2*2-1(3,4)5;;/h1-15,20-23,28H,16-19,24-27H2;2*(H,2,3,4,5);2*1H2. The van der Waals surface area contributed by atoms with Crippen LogP contribution in [0.4, 0.5) is 11.4 Å². The molecule has 0 saturated heterocycles. The summed E-state index contributed by atoms with van der Waals surface area (Å²) >= 11 is 0. The maximum absolute atomic E-state index is 8.49. The van der Waals surface area contributed by atoms with Gasteiger partial charge >= 0.3 is 0 Å². The zero-order valence-electron chi connectivity index (χ0n) is 28.0. The number of rotatable bonds is 14. The zero-order chi connectivity index (χ0) is 36.2. The molecule has 18 heteroatoms. The fraction of sp³-hybridized carbons (Fsp3) is 0.235. The molecular weight excluding hydrogens is 723 g/mol. The van der Waals surface area contributed by atoms with E-state index in [1.54, 1.807) is 0 Å². The van der Waals surface area contributed by atoms with Crippen molar-refractivity contribution < 1.29 is 78.7 Å². The van der Waals surface area contributed by atoms with Gasteiger partial charge in [-0.15, -0.1) is 20.5 Å². The van der Waals surface area contributed by atoms with Crippen molar-refractivity contribution in [2.75, 3.05) is 36.0 Å². The normalized spacial score (nSPS) is 10.6. The lowest BCUT2D eigenvalue weighted by Crippen LogP contribution is -2.68. The van der Waals surface area contributed by atoms with E-state index in [0.717, 1.165) is 63.3 Å². The van der Waals surface area contributed by atoms with Gasteiger partial charge in [-0.05, 0) is 42.5 Å². The molecule has 0 aliphatic heterocycles. The van der Waals surface area contributed by atoms with Crippen molar-refractivity contribution in [3.63, 3.8) is 0 Å². The Morgan fingerprint density at radius 2 is 0.827 bits per heavy atom. The van der Waals surface area contributed by atoms with Crippen LogP contribution in [0.25, 0.3) is 0 Å². The summed E-state index contributed by atoms with van der Waals surface area (Å²) in [5.41, 5.74) is 7.17. The summed E-state index contributed by atoms with van der Waals surface area (Å²) in [4.78, 5) is 20.9. The molecule has 52 heavy (non-hydrogen) atoms. The third kappa shape index (κ3) is 21.1. The van der Waals surface area contributed by atoms with Crippen molar-refractivity contribution in [3.05, 3.63) is 145 Å². The topological polar surface area (TPSA) is 308 Å². The Morgan fingerprint density at radius 1 is 0.462 bits per heavy atom. The molecule has 0 radical (unpaired) electrons. The van der Waals surface area contributed by atoms with Crippen molar-refractivity contribution in [1.29, 1.82) is 0 Å². The average molecular weight is 766 g/mol. The average Bonchev–Trinajstić information content (AvgIpc) is 3.09. The summed E-state index contributed by atoms with van der Waals surface area (Å²) < 4.78 is 67.9. The van der Waals surface area contributed by atoms with Crippen LogP contribution in [0.3, 0.4) is 0 Å². The summed E-state index contributed by atoms with van der Waals surface area (Å²) in [7, 11) is -9.89. The van der Waals surface area contributed by atoms with Gasteiger partial charge in [-0.1, -0.05) is 30.3 Å². The quantitative estimate of drug-likeness (QED) is 0.102. The van der Waals surface area contributed by atoms with Crippen LogP contribution in [-0.4, -0.2) is 47.1 Å². The van der Waals surface area contributed by atoms with Crippen LogP contribution in [0.1, 0.15) is 22.8 Å². The highest BCUT2D eigenvalue weighted by molar-refractivity contribution is 5.59. The predicted octanol–water partition coefficient (Wildman–Crippen LogP) is -6.47. The molecular formula is C34H42Cl2N6O10. The molecule has 0 aliphatic carbocycles. The SMILES string of the molecule is O.O.[O-][Cl+3]([O-])([O-])[O-].[O-][Cl+3]([O-])([O-])[O-].c1ccc(CCN(CCc2cccc[nH+]2)c2cccc(N(CCc3ccccn3)CCc3cccc[nH+]3)c2)nc1. The molecule has 0 aliphatic rings. The van der Waals surface area contributed by atoms with E-state index >= 15 is 0 Å². The van der Waals surface area contributed by atoms with Gasteiger partial charge in [0, 0.05) is 111 Å². The predicted molar refractivity (Wildman–Crippen MR) is 167 cm³/mol. The Kier molecular flexibility index (Phi) is 21.0. The van der Waals surface area contributed by atoms with E-state index in [9.17, 15) is 0 Å². The van der Waals surface area contributed by atoms with Gasteiger partial charge in [0.1, 0.15) is 0 Å². The maximum Gasteiger partial charge on any atom is 0.181 e. The van der Waals surface area contributed by atoms with Gasteiger partial charge < -0.3 is 20.8 Å². The van der Waals surface area contributed by atoms with Crippen LogP contribution in [0.15, 0.2) is 122 Å². The first kappa shape index (κ1) is 45.6. The second-order valence-electron chi connectivity index (χ2n) is 10.7. The third-order valence-corrected chi connectivity index (χ3v) is 7.14. The molecule has 0 spiro atoms. The van der Waals surface area contributed by atoms with E-state index in [4.69, 9.17) is 37.3 Å². The minimum Gasteiger partial charge on any atom is -0.412 e. The number of benzene rings is 1. The Bertz CT molecular complexity index is 1410. The third-order valence-electron chi connectivity index (χ3n) is 7.14. The van der Waals surface area contributed by atoms with Gasteiger partial charge in [0.15, 0.2) is 23.8 Å². The van der Waals surface area contributed by atoms with Gasteiger partial charge in [0.25, 0.3) is 0 Å². The number of nitrogens with one attached hydrogen (secondary N) is 2. The Morgan fingerprint density at radius 3 is 1.15 bits per heavy atom. The molecule has 0 atom stereocenters. The number of hydrogen-bond acceptors (Lipinski definition) is 12. The molecule has 0 bridgehead atoms. The van der Waals surface area contributed by atoms with E-state index in [-0.39, 0.29) is 11.0 Å². The largest absolute Gasteiger partial charge is 0.412 e. The number of nitrogens with zero attached hydrogens (tertiary/aromatic N) is 4. The van der Waals surface area contributed by atoms with Crippen LogP contribution in [-0.2, 0) is 25.7 Å². The van der Waals surface area contributed by atoms with Crippen molar-refractivity contribution in [2.24, 2.45) is 0 Å². The first-order valence-corrected chi connectivity index (χ1v) is 17.8. The van der Waals surface area contributed by atoms with Crippen molar-refractivity contribution in [2.45, 2.75) is 25.7 Å². The molecule has 0 amide bonds. The lowest BCUT2D eigenvalue weighted by Gasteiger charge is -2.28. The minimum absolute atomic E-state index is 0. The highest BCUT2D eigenvalue weighted by atomic mass is 35.7. The molecule has 16 nitrogen and oxygen atoms in total. The lowest BCUT2D eigenvalue weighted by molar-refractivity contribution is -2.00. The molecule has 0 fully saturated rings. The molecule has 0 unspecified atom stereocenters. The molecule has 4 heterocycles. The molecule has 5 rings (SSSR count). The van der Waals surface area contributed by atoms with Gasteiger partial charge in [0.05, 0.1) is 0 Å². The van der Waals surface area contributed by atoms with Gasteiger partial charge in [-0.3, -0.25) is 9.97 Å². The summed E-state index contributed by atoms with van der Waals surface area (Å²) in [5, 5.41) is 0. The van der Waals surface area contributed by atoms with Gasteiger partial charge in [0.2, 0.25) is 0 Å². The number of halogens is 2. The first-order valence-electron chi connectivity index (χ1n) is 15.4. The molecule has 5 aromatic rings. The first-order chi connectivity index (χ1) is 23.8. The van der Waals surface area contributed by atoms with E-state index in [1.807, 2.05) is 49.1 Å². The van der Waals surface area contributed by atoms with Crippen LogP contribution in [0, 0.1) is 20.5 Å². The minimum atomic E-state index is -4.94. The zero-order valence-corrected chi connectivity index (χ0v) is 29.5. The number of hydrogen-bond donors (Lipinski definition) is 0. The van der Waals surface area contributed by atoms with Crippen LogP contribution < -0.4 is 57.0 Å². The summed E-state index contributed by atoms with van der Waals surface area (Å²) in [6, 6.07) is 33.9. The lowest BCUT2D eigenvalue weighted by atomic mass is 10.1.